The van der Waals surface area contributed by atoms with Crippen molar-refractivity contribution in [3.63, 3.8) is 0 Å². The maximum absolute atomic E-state index is 12.0. The fourth-order valence-corrected chi connectivity index (χ4v) is 2.35. The maximum atomic E-state index is 12.0. The average Bonchev–Trinajstić information content (AvgIpc) is 3.14. The Morgan fingerprint density at radius 2 is 2.25 bits per heavy atom. The van der Waals surface area contributed by atoms with Crippen LogP contribution in [0.4, 0.5) is 0 Å². The molecule has 6 heteroatoms. The number of carbonyl (C=O) groups excluding carboxylic acids is 1. The summed E-state index contributed by atoms with van der Waals surface area (Å²) in [7, 11) is 0. The zero-order valence-electron chi connectivity index (χ0n) is 11.7. The van der Waals surface area contributed by atoms with E-state index in [0.29, 0.717) is 18.3 Å². The highest BCUT2D eigenvalue weighted by Crippen LogP contribution is 2.25. The highest BCUT2D eigenvalue weighted by Gasteiger charge is 2.27. The molecule has 1 aromatic rings. The van der Waals surface area contributed by atoms with Gasteiger partial charge in [0.25, 0.3) is 5.91 Å². The molecule has 0 bridgehead atoms. The van der Waals surface area contributed by atoms with E-state index in [4.69, 9.17) is 5.11 Å². The molecule has 2 N–H and O–H groups in total. The van der Waals surface area contributed by atoms with Gasteiger partial charge < -0.3 is 15.0 Å². The van der Waals surface area contributed by atoms with E-state index in [1.54, 1.807) is 18.3 Å². The van der Waals surface area contributed by atoms with Crippen molar-refractivity contribution >= 4 is 11.9 Å². The number of carboxylic acids is 1. The number of aliphatic carboxylic acids is 1. The first-order chi connectivity index (χ1) is 9.61. The smallest absolute Gasteiger partial charge is 0.323 e. The van der Waals surface area contributed by atoms with Gasteiger partial charge in [0.15, 0.2) is 0 Å². The average molecular weight is 279 g/mol. The largest absolute Gasteiger partial charge is 0.480 e. The summed E-state index contributed by atoms with van der Waals surface area (Å²) in [5.74, 6) is -1.18. The summed E-state index contributed by atoms with van der Waals surface area (Å²) in [6, 6.07) is 4.00. The Bertz CT molecular complexity index is 480. The molecule has 0 saturated heterocycles. The van der Waals surface area contributed by atoms with Crippen LogP contribution >= 0.6 is 0 Å². The van der Waals surface area contributed by atoms with Gasteiger partial charge in [0.2, 0.25) is 0 Å². The van der Waals surface area contributed by atoms with Gasteiger partial charge in [-0.1, -0.05) is 6.92 Å². The first kappa shape index (κ1) is 14.6. The van der Waals surface area contributed by atoms with Crippen LogP contribution in [0, 0.1) is 0 Å². The molecule has 1 amide bonds. The van der Waals surface area contributed by atoms with Gasteiger partial charge in [-0.05, 0) is 31.5 Å². The Labute approximate surface area is 118 Å². The summed E-state index contributed by atoms with van der Waals surface area (Å²) < 4.78 is 1.44. The Balaban J connectivity index is 1.82. The number of rotatable bonds is 8. The number of hydrogen-bond acceptors (Lipinski definition) is 3. The molecule has 0 unspecified atom stereocenters. The van der Waals surface area contributed by atoms with E-state index in [1.807, 2.05) is 0 Å². The van der Waals surface area contributed by atoms with Crippen molar-refractivity contribution in [3.05, 3.63) is 24.0 Å². The summed E-state index contributed by atoms with van der Waals surface area (Å²) in [5.41, 5.74) is 0.391. The molecular formula is C14H21N3O3. The van der Waals surface area contributed by atoms with Crippen molar-refractivity contribution in [2.45, 2.75) is 32.4 Å². The summed E-state index contributed by atoms with van der Waals surface area (Å²) in [5, 5.41) is 11.6. The van der Waals surface area contributed by atoms with Crippen molar-refractivity contribution in [3.8, 4) is 0 Å². The molecule has 1 saturated carbocycles. The number of nitrogens with one attached hydrogen (secondary N) is 1. The molecule has 6 nitrogen and oxygen atoms in total. The minimum atomic E-state index is -0.957. The fourth-order valence-electron chi connectivity index (χ4n) is 2.35. The highest BCUT2D eigenvalue weighted by atomic mass is 16.4. The predicted molar refractivity (Wildman–Crippen MR) is 74.7 cm³/mol. The van der Waals surface area contributed by atoms with Gasteiger partial charge >= 0.3 is 5.97 Å². The zero-order chi connectivity index (χ0) is 14.5. The molecule has 1 aliphatic rings. The lowest BCUT2D eigenvalue weighted by Gasteiger charge is -2.19. The van der Waals surface area contributed by atoms with Crippen LogP contribution in [0.5, 0.6) is 0 Å². The number of amides is 1. The first-order valence-electron chi connectivity index (χ1n) is 7.01. The Kier molecular flexibility index (Phi) is 4.79. The Morgan fingerprint density at radius 3 is 2.85 bits per heavy atom. The normalized spacial score (nSPS) is 14.5. The predicted octanol–water partition coefficient (Wildman–Crippen LogP) is 0.787. The van der Waals surface area contributed by atoms with Crippen LogP contribution in [0.3, 0.4) is 0 Å². The lowest BCUT2D eigenvalue weighted by molar-refractivity contribution is -0.137. The quantitative estimate of drug-likeness (QED) is 0.737. The SMILES string of the molecule is CCN(CCNC(=O)c1cccn1CC(=O)O)C1CC1. The fraction of sp³-hybridized carbons (Fsp3) is 0.571. The molecule has 0 spiro atoms. The molecule has 1 aromatic heterocycles. The molecule has 0 aliphatic heterocycles. The first-order valence-corrected chi connectivity index (χ1v) is 7.01. The summed E-state index contributed by atoms with van der Waals surface area (Å²) in [6.07, 6.45) is 4.11. The summed E-state index contributed by atoms with van der Waals surface area (Å²) in [4.78, 5) is 25.1. The van der Waals surface area contributed by atoms with Crippen molar-refractivity contribution in [1.82, 2.24) is 14.8 Å². The lowest BCUT2D eigenvalue weighted by Crippen LogP contribution is -2.36. The molecule has 0 aromatic carbocycles. The lowest BCUT2D eigenvalue weighted by atomic mass is 10.3. The van der Waals surface area contributed by atoms with Crippen LogP contribution < -0.4 is 5.32 Å². The molecule has 1 aliphatic carbocycles. The van der Waals surface area contributed by atoms with Crippen LogP contribution in [-0.2, 0) is 11.3 Å². The van der Waals surface area contributed by atoms with Crippen LogP contribution in [0.15, 0.2) is 18.3 Å². The second-order valence-corrected chi connectivity index (χ2v) is 5.03. The molecule has 2 rings (SSSR count). The standard InChI is InChI=1S/C14H21N3O3/c1-2-16(11-5-6-11)9-7-15-14(20)12-4-3-8-17(12)10-13(18)19/h3-4,8,11H,2,5-7,9-10H2,1H3,(H,15,20)(H,18,19). The van der Waals surface area contributed by atoms with Gasteiger partial charge in [0.1, 0.15) is 12.2 Å². The van der Waals surface area contributed by atoms with E-state index in [2.05, 4.69) is 17.1 Å². The van der Waals surface area contributed by atoms with Gasteiger partial charge in [0, 0.05) is 25.3 Å². The molecule has 20 heavy (non-hydrogen) atoms. The highest BCUT2D eigenvalue weighted by molar-refractivity contribution is 5.93. The van der Waals surface area contributed by atoms with E-state index in [0.717, 1.165) is 13.1 Å². The van der Waals surface area contributed by atoms with E-state index in [9.17, 15) is 9.59 Å². The molecule has 1 fully saturated rings. The third kappa shape index (κ3) is 3.84. The van der Waals surface area contributed by atoms with Crippen LogP contribution in [0.2, 0.25) is 0 Å². The zero-order valence-corrected chi connectivity index (χ0v) is 11.7. The molecule has 0 atom stereocenters. The van der Waals surface area contributed by atoms with E-state index in [-0.39, 0.29) is 12.5 Å². The van der Waals surface area contributed by atoms with Crippen molar-refractivity contribution in [2.24, 2.45) is 0 Å². The van der Waals surface area contributed by atoms with Gasteiger partial charge in [-0.25, -0.2) is 0 Å². The summed E-state index contributed by atoms with van der Waals surface area (Å²) in [6.45, 7) is 4.35. The molecular weight excluding hydrogens is 258 g/mol. The van der Waals surface area contributed by atoms with E-state index >= 15 is 0 Å². The molecule has 110 valence electrons. The Hall–Kier alpha value is -1.82. The molecule has 0 radical (unpaired) electrons. The monoisotopic (exact) mass is 279 g/mol. The second-order valence-electron chi connectivity index (χ2n) is 5.03. The topological polar surface area (TPSA) is 74.6 Å². The summed E-state index contributed by atoms with van der Waals surface area (Å²) >= 11 is 0. The number of carbonyl (C=O) groups is 2. The number of likely N-dealkylation sites (N-methyl/N-ethyl adjacent to an activating group) is 1. The van der Waals surface area contributed by atoms with Gasteiger partial charge in [-0.2, -0.15) is 0 Å². The van der Waals surface area contributed by atoms with Crippen LogP contribution in [0.1, 0.15) is 30.3 Å². The van der Waals surface area contributed by atoms with E-state index < -0.39 is 5.97 Å². The number of hydrogen-bond donors (Lipinski definition) is 2. The Morgan fingerprint density at radius 1 is 1.50 bits per heavy atom. The maximum Gasteiger partial charge on any atom is 0.323 e. The van der Waals surface area contributed by atoms with Crippen LogP contribution in [-0.4, -0.2) is 52.1 Å². The third-order valence-electron chi connectivity index (χ3n) is 3.52. The molecule has 1 heterocycles. The van der Waals surface area contributed by atoms with Gasteiger partial charge in [0.05, 0.1) is 0 Å². The minimum absolute atomic E-state index is 0.196. The van der Waals surface area contributed by atoms with Crippen molar-refractivity contribution in [1.29, 1.82) is 0 Å². The van der Waals surface area contributed by atoms with E-state index in [1.165, 1.54) is 17.4 Å². The van der Waals surface area contributed by atoms with Gasteiger partial charge in [-0.3, -0.25) is 14.5 Å². The second kappa shape index (κ2) is 6.56. The van der Waals surface area contributed by atoms with Gasteiger partial charge in [-0.15, -0.1) is 0 Å². The number of nitrogens with zero attached hydrogens (tertiary/aromatic N) is 2. The van der Waals surface area contributed by atoms with Crippen molar-refractivity contribution in [2.75, 3.05) is 19.6 Å². The van der Waals surface area contributed by atoms with Crippen molar-refractivity contribution < 1.29 is 14.7 Å². The number of aromatic nitrogens is 1. The van der Waals surface area contributed by atoms with Crippen LogP contribution in [0.25, 0.3) is 0 Å². The third-order valence-corrected chi connectivity index (χ3v) is 3.52. The number of carboxylic acid groups (broad SMARTS) is 1. The minimum Gasteiger partial charge on any atom is -0.480 e.